The number of carbonyl (C=O) groups is 5. The van der Waals surface area contributed by atoms with Gasteiger partial charge in [-0.15, -0.1) is 0 Å². The third-order valence-electron chi connectivity index (χ3n) is 8.73. The molecule has 1 heterocycles. The van der Waals surface area contributed by atoms with E-state index in [0.717, 1.165) is 18.4 Å². The number of benzene rings is 1. The third kappa shape index (κ3) is 9.75. The van der Waals surface area contributed by atoms with Gasteiger partial charge in [-0.1, -0.05) is 57.5 Å². The number of methoxy groups -OCH3 is 3. The first-order valence-corrected chi connectivity index (χ1v) is 15.2. The van der Waals surface area contributed by atoms with Crippen molar-refractivity contribution >= 4 is 30.1 Å². The highest BCUT2D eigenvalue weighted by Gasteiger charge is 2.42. The molecule has 0 saturated carbocycles. The molecule has 1 saturated heterocycles. The Bertz CT molecular complexity index is 1090. The fraction of sp³-hybridized carbons (Fsp3) is 0.656. The van der Waals surface area contributed by atoms with Crippen molar-refractivity contribution in [3.63, 3.8) is 0 Å². The average molecular weight is 619 g/mol. The zero-order valence-corrected chi connectivity index (χ0v) is 27.1. The van der Waals surface area contributed by atoms with Gasteiger partial charge in [-0.2, -0.15) is 0 Å². The number of likely N-dealkylation sites (tertiary alicyclic amines) is 1. The predicted octanol–water partition coefficient (Wildman–Crippen LogP) is 1.55. The second-order valence-electron chi connectivity index (χ2n) is 11.4. The summed E-state index contributed by atoms with van der Waals surface area (Å²) in [5.41, 5.74) is 0.877. The van der Waals surface area contributed by atoms with E-state index >= 15 is 0 Å². The number of amides is 4. The summed E-state index contributed by atoms with van der Waals surface area (Å²) in [6, 6.07) is 7.70. The van der Waals surface area contributed by atoms with E-state index in [4.69, 9.17) is 14.2 Å². The van der Waals surface area contributed by atoms with Gasteiger partial charge in [-0.25, -0.2) is 4.79 Å². The van der Waals surface area contributed by atoms with Gasteiger partial charge < -0.3 is 34.6 Å². The van der Waals surface area contributed by atoms with Gasteiger partial charge in [0.1, 0.15) is 6.04 Å². The van der Waals surface area contributed by atoms with Crippen LogP contribution >= 0.6 is 0 Å². The van der Waals surface area contributed by atoms with Crippen LogP contribution < -0.4 is 10.6 Å². The van der Waals surface area contributed by atoms with E-state index in [2.05, 4.69) is 10.6 Å². The van der Waals surface area contributed by atoms with E-state index in [1.807, 2.05) is 44.2 Å². The average Bonchev–Trinajstić information content (AvgIpc) is 3.52. The molecule has 1 aromatic rings. The lowest BCUT2D eigenvalue weighted by Crippen LogP contribution is -2.54. The van der Waals surface area contributed by atoms with Crippen LogP contribution in [0.25, 0.3) is 0 Å². The number of ether oxygens (including phenoxy) is 3. The van der Waals surface area contributed by atoms with Crippen molar-refractivity contribution in [1.29, 1.82) is 0 Å². The Kier molecular flexibility index (Phi) is 15.3. The fourth-order valence-corrected chi connectivity index (χ4v) is 6.07. The number of carbonyl (C=O) groups excluding carboxylic acids is 5. The minimum Gasteiger partial charge on any atom is -0.467 e. The Hall–Kier alpha value is -3.51. The molecule has 12 nitrogen and oxygen atoms in total. The molecule has 7 unspecified atom stereocenters. The molecule has 0 aliphatic carbocycles. The topological polar surface area (TPSA) is 144 Å². The summed E-state index contributed by atoms with van der Waals surface area (Å²) in [5.74, 6) is -2.03. The van der Waals surface area contributed by atoms with Crippen molar-refractivity contribution in [3.05, 3.63) is 35.9 Å². The quantitative estimate of drug-likeness (QED) is 0.186. The number of hydrogen-bond donors (Lipinski definition) is 2. The van der Waals surface area contributed by atoms with Crippen LogP contribution in [0.15, 0.2) is 30.3 Å². The van der Waals surface area contributed by atoms with E-state index < -0.39 is 36.2 Å². The maximum absolute atomic E-state index is 13.8. The molecule has 44 heavy (non-hydrogen) atoms. The Morgan fingerprint density at radius 1 is 1.09 bits per heavy atom. The summed E-state index contributed by atoms with van der Waals surface area (Å²) in [6.45, 7) is 6.08. The molecular formula is C32H50N4O8. The van der Waals surface area contributed by atoms with Crippen LogP contribution in [0, 0.1) is 11.8 Å². The largest absolute Gasteiger partial charge is 0.467 e. The number of nitrogens with one attached hydrogen (secondary N) is 2. The monoisotopic (exact) mass is 618 g/mol. The highest BCUT2D eigenvalue weighted by atomic mass is 16.5. The summed E-state index contributed by atoms with van der Waals surface area (Å²) < 4.78 is 16.6. The molecule has 0 aromatic heterocycles. The summed E-state index contributed by atoms with van der Waals surface area (Å²) >= 11 is 0. The minimum absolute atomic E-state index is 0.0152. The van der Waals surface area contributed by atoms with E-state index in [0.29, 0.717) is 19.4 Å². The molecular weight excluding hydrogens is 568 g/mol. The molecule has 1 fully saturated rings. The van der Waals surface area contributed by atoms with Gasteiger partial charge in [0.05, 0.1) is 50.3 Å². The molecule has 7 atom stereocenters. The first kappa shape index (κ1) is 36.7. The van der Waals surface area contributed by atoms with Gasteiger partial charge in [0.15, 0.2) is 0 Å². The molecule has 246 valence electrons. The Morgan fingerprint density at radius 2 is 1.77 bits per heavy atom. The number of hydrogen-bond acceptors (Lipinski definition) is 8. The van der Waals surface area contributed by atoms with Crippen molar-refractivity contribution < 1.29 is 38.2 Å². The van der Waals surface area contributed by atoms with Crippen LogP contribution in [0.3, 0.4) is 0 Å². The van der Waals surface area contributed by atoms with Crippen molar-refractivity contribution in [2.24, 2.45) is 11.8 Å². The summed E-state index contributed by atoms with van der Waals surface area (Å²) in [6.07, 6.45) is 1.70. The number of nitrogens with zero attached hydrogens (tertiary/aromatic N) is 2. The minimum atomic E-state index is -0.877. The smallest absolute Gasteiger partial charge is 0.328 e. The molecule has 2 rings (SSSR count). The van der Waals surface area contributed by atoms with Crippen LogP contribution in [0.1, 0.15) is 52.0 Å². The molecule has 0 radical (unpaired) electrons. The predicted molar refractivity (Wildman–Crippen MR) is 164 cm³/mol. The highest BCUT2D eigenvalue weighted by molar-refractivity contribution is 5.86. The van der Waals surface area contributed by atoms with E-state index in [1.165, 1.54) is 21.3 Å². The van der Waals surface area contributed by atoms with Crippen molar-refractivity contribution in [1.82, 2.24) is 20.4 Å². The van der Waals surface area contributed by atoms with Gasteiger partial charge in [-0.3, -0.25) is 19.2 Å². The third-order valence-corrected chi connectivity index (χ3v) is 8.73. The zero-order chi connectivity index (χ0) is 32.8. The first-order valence-electron chi connectivity index (χ1n) is 15.2. The van der Waals surface area contributed by atoms with E-state index in [1.54, 1.807) is 23.8 Å². The molecule has 1 aliphatic heterocycles. The molecule has 1 aliphatic rings. The van der Waals surface area contributed by atoms with Gasteiger partial charge in [0.25, 0.3) is 0 Å². The Morgan fingerprint density at radius 3 is 2.34 bits per heavy atom. The zero-order valence-electron chi connectivity index (χ0n) is 27.1. The van der Waals surface area contributed by atoms with Crippen molar-refractivity contribution in [2.45, 2.75) is 83.2 Å². The van der Waals surface area contributed by atoms with Crippen LogP contribution in [0.2, 0.25) is 0 Å². The molecule has 2 N–H and O–H groups in total. The Labute approximate surface area is 261 Å². The second kappa shape index (κ2) is 18.3. The SMILES string of the molecule is CCC(C)C(C(CC(=O)N1CCCC1C(OC)C(C)C(=O)NC(Cc1ccccc1)C(=O)OC)OC)N(C)C(=O)CNC=O. The van der Waals surface area contributed by atoms with Gasteiger partial charge in [0, 0.05) is 34.2 Å². The summed E-state index contributed by atoms with van der Waals surface area (Å²) in [4.78, 5) is 66.6. The first-order chi connectivity index (χ1) is 21.0. The fourth-order valence-electron chi connectivity index (χ4n) is 6.07. The lowest BCUT2D eigenvalue weighted by molar-refractivity contribution is -0.148. The number of likely N-dealkylation sites (N-methyl/N-ethyl adjacent to an activating group) is 1. The molecule has 4 amide bonds. The molecule has 1 aromatic carbocycles. The van der Waals surface area contributed by atoms with Gasteiger partial charge in [0.2, 0.25) is 24.1 Å². The lowest BCUT2D eigenvalue weighted by Gasteiger charge is -2.39. The second-order valence-corrected chi connectivity index (χ2v) is 11.4. The lowest BCUT2D eigenvalue weighted by atomic mass is 9.90. The van der Waals surface area contributed by atoms with Crippen LogP contribution in [-0.2, 0) is 44.6 Å². The highest BCUT2D eigenvalue weighted by Crippen LogP contribution is 2.29. The van der Waals surface area contributed by atoms with E-state index in [-0.39, 0.29) is 49.1 Å². The Balaban J connectivity index is 2.19. The number of esters is 1. The van der Waals surface area contributed by atoms with Crippen molar-refractivity contribution in [2.75, 3.05) is 41.5 Å². The maximum atomic E-state index is 13.8. The van der Waals surface area contributed by atoms with E-state index in [9.17, 15) is 24.0 Å². The van der Waals surface area contributed by atoms with Crippen molar-refractivity contribution in [3.8, 4) is 0 Å². The van der Waals surface area contributed by atoms with Crippen LogP contribution in [-0.4, -0.2) is 112 Å². The maximum Gasteiger partial charge on any atom is 0.328 e. The standard InChI is InChI=1S/C32H50N4O8/c1-8-21(2)29(35(4)28(39)19-33-20-37)26(42-5)18-27(38)36-16-12-15-25(36)30(43-6)22(3)31(40)34-24(32(41)44-7)17-23-13-10-9-11-14-23/h9-11,13-14,20-22,24-26,29-30H,8,12,15-19H2,1-7H3,(H,33,37)(H,34,40). The molecule has 0 spiro atoms. The number of rotatable bonds is 18. The summed E-state index contributed by atoms with van der Waals surface area (Å²) in [7, 11) is 5.97. The van der Waals surface area contributed by atoms with Crippen LogP contribution in [0.4, 0.5) is 0 Å². The van der Waals surface area contributed by atoms with Gasteiger partial charge in [-0.05, 0) is 24.3 Å². The molecule has 0 bridgehead atoms. The normalized spacial score (nSPS) is 18.7. The summed E-state index contributed by atoms with van der Waals surface area (Å²) in [5, 5.41) is 5.23. The van der Waals surface area contributed by atoms with Crippen LogP contribution in [0.5, 0.6) is 0 Å². The van der Waals surface area contributed by atoms with Gasteiger partial charge >= 0.3 is 5.97 Å². The molecule has 12 heteroatoms.